The van der Waals surface area contributed by atoms with Gasteiger partial charge in [0.15, 0.2) is 16.6 Å². The fourth-order valence-corrected chi connectivity index (χ4v) is 2.05. The molecule has 0 bridgehead atoms. The molecule has 0 aliphatic rings. The molecule has 0 fully saturated rings. The maximum absolute atomic E-state index is 13.4. The molecule has 0 aromatic rings. The molecule has 18 heavy (non-hydrogen) atoms. The summed E-state index contributed by atoms with van der Waals surface area (Å²) in [6.45, 7) is 7.48. The highest BCUT2D eigenvalue weighted by molar-refractivity contribution is 6.70. The van der Waals surface area contributed by atoms with Crippen LogP contribution in [0, 0.1) is 0 Å². The first-order valence-electron chi connectivity index (χ1n) is 5.70. The lowest BCUT2D eigenvalue weighted by molar-refractivity contribution is -0.234. The van der Waals surface area contributed by atoms with Gasteiger partial charge in [0, 0.05) is 0 Å². The first kappa shape index (κ1) is 18.1. The second kappa shape index (κ2) is 5.60. The van der Waals surface area contributed by atoms with Gasteiger partial charge in [-0.05, 0) is 39.3 Å². The van der Waals surface area contributed by atoms with Crippen molar-refractivity contribution in [3.8, 4) is 0 Å². The van der Waals surface area contributed by atoms with E-state index in [0.29, 0.717) is 0 Å². The molecule has 0 amide bonds. The summed E-state index contributed by atoms with van der Waals surface area (Å²) in [7, 11) is -4.50. The van der Waals surface area contributed by atoms with Crippen LogP contribution in [0.4, 0.5) is 17.6 Å². The molecule has 0 radical (unpaired) electrons. The van der Waals surface area contributed by atoms with Gasteiger partial charge in [-0.3, -0.25) is 0 Å². The monoisotopic (exact) mass is 306 g/mol. The van der Waals surface area contributed by atoms with Crippen LogP contribution in [0.15, 0.2) is 0 Å². The van der Waals surface area contributed by atoms with Crippen molar-refractivity contribution < 1.29 is 26.4 Å². The van der Waals surface area contributed by atoms with Crippen LogP contribution >= 0.6 is 0 Å². The molecule has 0 spiro atoms. The summed E-state index contributed by atoms with van der Waals surface area (Å²) >= 11 is 0. The van der Waals surface area contributed by atoms with Crippen LogP contribution in [0.5, 0.6) is 0 Å². The smallest absolute Gasteiger partial charge is 0.333 e. The first-order chi connectivity index (χ1) is 7.66. The summed E-state index contributed by atoms with van der Waals surface area (Å²) in [6, 6.07) is 0. The van der Waals surface area contributed by atoms with E-state index in [9.17, 15) is 17.6 Å². The number of alkyl halides is 4. The third kappa shape index (κ3) is 6.86. The first-order valence-corrected chi connectivity index (χ1v) is 12.5. The van der Waals surface area contributed by atoms with E-state index in [4.69, 9.17) is 8.85 Å². The SMILES string of the molecule is C[Si](C)(C)OCC(F)(F)C(F)(F)CO[Si](C)(C)C. The zero-order chi connectivity index (χ0) is 14.8. The normalized spacial score (nSPS) is 15.0. The lowest BCUT2D eigenvalue weighted by Gasteiger charge is -2.31. The zero-order valence-electron chi connectivity index (χ0n) is 11.7. The zero-order valence-corrected chi connectivity index (χ0v) is 13.7. The van der Waals surface area contributed by atoms with Crippen molar-refractivity contribution in [1.82, 2.24) is 0 Å². The van der Waals surface area contributed by atoms with Crippen molar-refractivity contribution in [2.75, 3.05) is 13.2 Å². The Labute approximate surface area is 108 Å². The van der Waals surface area contributed by atoms with Crippen LogP contribution in [-0.2, 0) is 8.85 Å². The maximum Gasteiger partial charge on any atom is 0.333 e. The van der Waals surface area contributed by atoms with E-state index < -0.39 is 41.7 Å². The summed E-state index contributed by atoms with van der Waals surface area (Å²) in [5, 5.41) is 0. The highest BCUT2D eigenvalue weighted by atomic mass is 28.4. The average molecular weight is 306 g/mol. The van der Waals surface area contributed by atoms with Gasteiger partial charge in [-0.25, -0.2) is 0 Å². The molecule has 2 nitrogen and oxygen atoms in total. The molecule has 0 unspecified atom stereocenters. The van der Waals surface area contributed by atoms with Crippen LogP contribution in [0.3, 0.4) is 0 Å². The van der Waals surface area contributed by atoms with Crippen LogP contribution in [-0.4, -0.2) is 41.7 Å². The van der Waals surface area contributed by atoms with Crippen molar-refractivity contribution in [1.29, 1.82) is 0 Å². The van der Waals surface area contributed by atoms with Gasteiger partial charge in [-0.2, -0.15) is 17.6 Å². The number of halogens is 4. The predicted molar refractivity (Wildman–Crippen MR) is 68.5 cm³/mol. The Balaban J connectivity index is 4.55. The van der Waals surface area contributed by atoms with Crippen molar-refractivity contribution in [2.24, 2.45) is 0 Å². The Morgan fingerprint density at radius 3 is 1.06 bits per heavy atom. The molecule has 0 aliphatic heterocycles. The van der Waals surface area contributed by atoms with E-state index in [0.717, 1.165) is 0 Å². The van der Waals surface area contributed by atoms with Crippen molar-refractivity contribution >= 4 is 16.6 Å². The lowest BCUT2D eigenvalue weighted by Crippen LogP contribution is -2.51. The van der Waals surface area contributed by atoms with Crippen LogP contribution in [0.25, 0.3) is 0 Å². The molecule has 0 saturated heterocycles. The lowest BCUT2D eigenvalue weighted by atomic mass is 10.2. The summed E-state index contributed by atoms with van der Waals surface area (Å²) in [5.74, 6) is -8.40. The van der Waals surface area contributed by atoms with Gasteiger partial charge in [0.25, 0.3) is 0 Å². The summed E-state index contributed by atoms with van der Waals surface area (Å²) < 4.78 is 63.3. The van der Waals surface area contributed by atoms with Gasteiger partial charge in [0.1, 0.15) is 13.2 Å². The standard InChI is InChI=1S/C10H22F4O2Si2/c1-17(2,3)15-7-9(11,12)10(13,14)8-16-18(4,5)6/h7-8H2,1-6H3. The second-order valence-corrected chi connectivity index (χ2v) is 15.2. The molecule has 0 atom stereocenters. The molecule has 0 saturated carbocycles. The minimum atomic E-state index is -4.20. The largest absolute Gasteiger partial charge is 0.411 e. The van der Waals surface area contributed by atoms with Crippen LogP contribution < -0.4 is 0 Å². The molecule has 8 heteroatoms. The quantitative estimate of drug-likeness (QED) is 0.523. The minimum absolute atomic E-state index is 1.26. The van der Waals surface area contributed by atoms with Gasteiger partial charge < -0.3 is 8.85 Å². The van der Waals surface area contributed by atoms with Crippen molar-refractivity contribution in [3.63, 3.8) is 0 Å². The third-order valence-corrected chi connectivity index (χ3v) is 3.93. The summed E-state index contributed by atoms with van der Waals surface area (Å²) in [6.07, 6.45) is 0. The fraction of sp³-hybridized carbons (Fsp3) is 1.00. The molecule has 0 N–H and O–H groups in total. The van der Waals surface area contributed by atoms with Gasteiger partial charge >= 0.3 is 11.8 Å². The van der Waals surface area contributed by atoms with Crippen molar-refractivity contribution in [3.05, 3.63) is 0 Å². The van der Waals surface area contributed by atoms with E-state index >= 15 is 0 Å². The van der Waals surface area contributed by atoms with Gasteiger partial charge in [-0.15, -0.1) is 0 Å². The van der Waals surface area contributed by atoms with E-state index in [2.05, 4.69) is 0 Å². The van der Waals surface area contributed by atoms with Crippen LogP contribution in [0.2, 0.25) is 39.3 Å². The van der Waals surface area contributed by atoms with Crippen molar-refractivity contribution in [2.45, 2.75) is 51.1 Å². The van der Waals surface area contributed by atoms with E-state index in [1.807, 2.05) is 0 Å². The second-order valence-electron chi connectivity index (χ2n) is 6.21. The number of rotatable bonds is 7. The van der Waals surface area contributed by atoms with Crippen LogP contribution in [0.1, 0.15) is 0 Å². The van der Waals surface area contributed by atoms with E-state index in [1.165, 1.54) is 0 Å². The number of hydrogen-bond acceptors (Lipinski definition) is 2. The predicted octanol–water partition coefficient (Wildman–Crippen LogP) is 3.96. The molecule has 110 valence electrons. The molecular weight excluding hydrogens is 284 g/mol. The molecule has 0 rings (SSSR count). The Bertz CT molecular complexity index is 244. The molecule has 0 heterocycles. The average Bonchev–Trinajstić information content (AvgIpc) is 2.10. The Morgan fingerprint density at radius 1 is 0.667 bits per heavy atom. The Kier molecular flexibility index (Phi) is 5.62. The summed E-state index contributed by atoms with van der Waals surface area (Å²) in [4.78, 5) is 0. The molecule has 0 aromatic carbocycles. The fourth-order valence-electron chi connectivity index (χ4n) is 0.825. The number of hydrogen-bond donors (Lipinski definition) is 0. The summed E-state index contributed by atoms with van der Waals surface area (Å²) in [5.41, 5.74) is 0. The molecule has 0 aromatic heterocycles. The van der Waals surface area contributed by atoms with E-state index in [1.54, 1.807) is 39.3 Å². The van der Waals surface area contributed by atoms with Gasteiger partial charge in [0.05, 0.1) is 0 Å². The van der Waals surface area contributed by atoms with Gasteiger partial charge in [0.2, 0.25) is 0 Å². The highest BCUT2D eigenvalue weighted by Crippen LogP contribution is 2.36. The van der Waals surface area contributed by atoms with E-state index in [-0.39, 0.29) is 0 Å². The maximum atomic E-state index is 13.4. The highest BCUT2D eigenvalue weighted by Gasteiger charge is 2.57. The third-order valence-electron chi connectivity index (χ3n) is 1.91. The topological polar surface area (TPSA) is 18.5 Å². The minimum Gasteiger partial charge on any atom is -0.411 e. The molecule has 0 aliphatic carbocycles. The van der Waals surface area contributed by atoms with Gasteiger partial charge in [-0.1, -0.05) is 0 Å². The Morgan fingerprint density at radius 2 is 0.889 bits per heavy atom. The Hall–Kier alpha value is 0.0738. The molecular formula is C10H22F4O2Si2.